The smallest absolute Gasteiger partial charge is 0.303 e. The first kappa shape index (κ1) is 38.2. The van der Waals surface area contributed by atoms with E-state index in [0.717, 1.165) is 0 Å². The third-order valence-corrected chi connectivity index (χ3v) is 6.61. The molecule has 31 heteroatoms. The molecule has 0 atom stereocenters. The van der Waals surface area contributed by atoms with Gasteiger partial charge < -0.3 is 58.7 Å². The van der Waals surface area contributed by atoms with Crippen molar-refractivity contribution >= 4 is 64.5 Å². The molecule has 12 N–H and O–H groups in total. The fourth-order valence-electron chi connectivity index (χ4n) is 2.79. The van der Waals surface area contributed by atoms with Gasteiger partial charge in [-0.2, -0.15) is 0 Å². The first-order valence-electron chi connectivity index (χ1n) is 8.01. The molecule has 0 aromatic rings. The van der Waals surface area contributed by atoms with Crippen LogP contribution in [0.2, 0.25) is 0 Å². The van der Waals surface area contributed by atoms with Crippen molar-refractivity contribution in [1.82, 2.24) is 0 Å². The van der Waals surface area contributed by atoms with E-state index in [0.29, 0.717) is 0 Å². The fraction of sp³-hybridized carbons (Fsp3) is 1.00. The van der Waals surface area contributed by atoms with Gasteiger partial charge in [0.15, 0.2) is 0 Å². The van der Waals surface area contributed by atoms with Crippen molar-refractivity contribution < 1.29 is 113 Å². The zero-order chi connectivity index (χ0) is 28.7. The Balaban J connectivity index is 0.0000130. The van der Waals surface area contributed by atoms with Gasteiger partial charge in [-0.25, -0.2) is 27.4 Å². The predicted octanol–water partition coefficient (Wildman–Crippen LogP) is -3.51. The van der Waals surface area contributed by atoms with E-state index in [-0.39, 0.29) is 17.6 Å². The van der Waals surface area contributed by atoms with Gasteiger partial charge in [0.2, 0.25) is 0 Å². The van der Waals surface area contributed by atoms with Crippen molar-refractivity contribution in [3.05, 3.63) is 0 Å². The molecule has 37 heavy (non-hydrogen) atoms. The summed E-state index contributed by atoms with van der Waals surface area (Å²) in [6.45, 7) is 0. The van der Waals surface area contributed by atoms with Crippen molar-refractivity contribution in [2.45, 2.75) is 36.6 Å². The van der Waals surface area contributed by atoms with Gasteiger partial charge in [-0.1, -0.05) is 0 Å². The second-order valence-corrected chi connectivity index (χ2v) is 13.5. The van der Waals surface area contributed by atoms with Crippen LogP contribution < -0.4 is 0 Å². The Labute approximate surface area is 214 Å². The van der Waals surface area contributed by atoms with Gasteiger partial charge in [-0.05, 0) is 0 Å². The maximum absolute atomic E-state index is 11.4. The molecule has 0 aromatic carbocycles. The van der Waals surface area contributed by atoms with E-state index in [1.165, 1.54) is 0 Å². The first-order valence-corrected chi connectivity index (χ1v) is 17.2. The molecule has 1 rings (SSSR count). The Hall–Kier alpha value is 1.20. The molecule has 24 nitrogen and oxygen atoms in total. The third-order valence-electron chi connectivity index (χ3n) is 3.50. The molecule has 0 bridgehead atoms. The molecule has 0 heterocycles. The van der Waals surface area contributed by atoms with Crippen LogP contribution in [0.25, 0.3) is 0 Å². The summed E-state index contributed by atoms with van der Waals surface area (Å²) in [6.07, 6.45) is -18.9. The average Bonchev–Trinajstić information content (AvgIpc) is 2.51. The second-order valence-electron chi connectivity index (χ2n) is 6.36. The molecule has 1 aliphatic rings. The Morgan fingerprint density at radius 1 is 0.297 bits per heavy atom. The average molecular weight is 733 g/mol. The maximum Gasteiger partial charge on any atom is 4.00 e. The van der Waals surface area contributed by atoms with E-state index in [4.69, 9.17) is 58.7 Å². The molecule has 1 fully saturated rings. The molecule has 216 valence electrons. The minimum atomic E-state index is -6.02. The van der Waals surface area contributed by atoms with Crippen LogP contribution in [-0.4, -0.2) is 113 Å². The number of phosphoric acid groups is 6. The van der Waals surface area contributed by atoms with Crippen molar-refractivity contribution in [2.24, 2.45) is 0 Å². The van der Waals surface area contributed by atoms with Gasteiger partial charge in [0.25, 0.3) is 0 Å². The van der Waals surface area contributed by atoms with Crippen molar-refractivity contribution in [3.8, 4) is 0 Å². The fourth-order valence-corrected chi connectivity index (χ4v) is 6.14. The largest absolute Gasteiger partial charge is 4.00 e. The Bertz CT molecular complexity index is 824. The van der Waals surface area contributed by atoms with Crippen LogP contribution >= 0.6 is 46.9 Å². The van der Waals surface area contributed by atoms with E-state index in [1.54, 1.807) is 0 Å². The SMILES string of the molecule is O=P(O)(O)OC1C(OP(=O)(O)O)C(OP(=O)(O)O)C(OP(=O)(O)O)C(OP(=O)(O)O)C1OP(=O)(O)O.[Ge+4]. The molecule has 1 saturated carbocycles. The zero-order valence-corrected chi connectivity index (χ0v) is 24.4. The van der Waals surface area contributed by atoms with Gasteiger partial charge >= 0.3 is 64.5 Å². The van der Waals surface area contributed by atoms with Gasteiger partial charge in [-0.15, -0.1) is 0 Å². The van der Waals surface area contributed by atoms with E-state index >= 15 is 0 Å². The zero-order valence-electron chi connectivity index (χ0n) is 16.9. The van der Waals surface area contributed by atoms with Crippen molar-refractivity contribution in [3.63, 3.8) is 0 Å². The van der Waals surface area contributed by atoms with Crippen LogP contribution in [0.3, 0.4) is 0 Å². The predicted molar refractivity (Wildman–Crippen MR) is 107 cm³/mol. The molecule has 0 aliphatic heterocycles. The summed E-state index contributed by atoms with van der Waals surface area (Å²) in [5, 5.41) is 0. The summed E-state index contributed by atoms with van der Waals surface area (Å²) >= 11 is 0. The quantitative estimate of drug-likeness (QED) is 0.0683. The standard InChI is InChI=1S/C6H18O24P6.Ge/c7-31(8,9)25-1-2(26-32(10,11)12)4(28-34(16,17)18)6(30-36(22,23)24)5(29-35(19,20)21)3(1)27-33(13,14)15;/h1-6H,(H2,7,8,9)(H2,10,11,12)(H2,13,14,15)(H2,16,17,18)(H2,19,20,21)(H2,22,23,24);/q;+4. The van der Waals surface area contributed by atoms with Gasteiger partial charge in [0.05, 0.1) is 0 Å². The molecule has 0 saturated heterocycles. The summed E-state index contributed by atoms with van der Waals surface area (Å²) in [7, 11) is -36.1. The minimum absolute atomic E-state index is 0. The maximum atomic E-state index is 11.4. The molecule has 0 spiro atoms. The van der Waals surface area contributed by atoms with Crippen LogP contribution in [0.15, 0.2) is 0 Å². The Morgan fingerprint density at radius 3 is 0.432 bits per heavy atom. The molecule has 0 unspecified atom stereocenters. The van der Waals surface area contributed by atoms with Gasteiger partial charge in [0.1, 0.15) is 36.6 Å². The minimum Gasteiger partial charge on any atom is -0.303 e. The Kier molecular flexibility index (Phi) is 13.4. The van der Waals surface area contributed by atoms with Gasteiger partial charge in [0, 0.05) is 0 Å². The molecule has 0 radical (unpaired) electrons. The summed E-state index contributed by atoms with van der Waals surface area (Å²) < 4.78 is 93.1. The first-order chi connectivity index (χ1) is 15.6. The van der Waals surface area contributed by atoms with Gasteiger partial charge in [-0.3, -0.25) is 27.1 Å². The number of rotatable bonds is 12. The van der Waals surface area contributed by atoms with E-state index < -0.39 is 83.6 Å². The van der Waals surface area contributed by atoms with E-state index in [9.17, 15) is 27.4 Å². The molecule has 0 amide bonds. The Morgan fingerprint density at radius 2 is 0.378 bits per heavy atom. The monoisotopic (exact) mass is 734 g/mol. The van der Waals surface area contributed by atoms with E-state index in [1.807, 2.05) is 0 Å². The number of hydrogen-bond acceptors (Lipinski definition) is 12. The third kappa shape index (κ3) is 15.1. The normalized spacial score (nSPS) is 28.5. The summed E-state index contributed by atoms with van der Waals surface area (Å²) in [5.41, 5.74) is 0. The van der Waals surface area contributed by atoms with Crippen LogP contribution in [0.5, 0.6) is 0 Å². The molecular formula is C6H18GeO24P6+4. The van der Waals surface area contributed by atoms with Crippen LogP contribution in [0.1, 0.15) is 0 Å². The van der Waals surface area contributed by atoms with Crippen molar-refractivity contribution in [2.75, 3.05) is 0 Å². The number of phosphoric ester groups is 6. The molecule has 0 aromatic heterocycles. The summed E-state index contributed by atoms with van der Waals surface area (Å²) in [5.74, 6) is 0. The summed E-state index contributed by atoms with van der Waals surface area (Å²) in [6, 6.07) is 0. The van der Waals surface area contributed by atoms with E-state index in [2.05, 4.69) is 27.1 Å². The van der Waals surface area contributed by atoms with Crippen molar-refractivity contribution in [1.29, 1.82) is 0 Å². The van der Waals surface area contributed by atoms with Crippen LogP contribution in [-0.2, 0) is 54.5 Å². The van der Waals surface area contributed by atoms with Crippen LogP contribution in [0.4, 0.5) is 0 Å². The number of hydrogen-bond donors (Lipinski definition) is 12. The van der Waals surface area contributed by atoms with Crippen LogP contribution in [0, 0.1) is 0 Å². The topological polar surface area (TPSA) is 401 Å². The molecule has 1 aliphatic carbocycles. The summed E-state index contributed by atoms with van der Waals surface area (Å²) in [4.78, 5) is 110. The second kappa shape index (κ2) is 13.0. The molecular weight excluding hydrogens is 714 g/mol.